The summed E-state index contributed by atoms with van der Waals surface area (Å²) in [6.45, 7) is 4.40. The number of benzene rings is 1. The minimum absolute atomic E-state index is 0.0431. The number of fused-ring (bicyclic) bond motifs is 2. The van der Waals surface area contributed by atoms with Crippen LogP contribution in [0.3, 0.4) is 0 Å². The quantitative estimate of drug-likeness (QED) is 0.823. The molecule has 2 aliphatic carbocycles. The van der Waals surface area contributed by atoms with E-state index >= 15 is 0 Å². The van der Waals surface area contributed by atoms with E-state index < -0.39 is 0 Å². The van der Waals surface area contributed by atoms with Crippen molar-refractivity contribution in [2.24, 2.45) is 17.8 Å². The molecule has 134 valence electrons. The van der Waals surface area contributed by atoms with E-state index in [1.54, 1.807) is 6.07 Å². The van der Waals surface area contributed by atoms with Crippen molar-refractivity contribution in [1.82, 2.24) is 10.2 Å². The van der Waals surface area contributed by atoms with Crippen LogP contribution in [0.25, 0.3) is 0 Å². The number of ether oxygens (including phenoxy) is 1. The lowest BCUT2D eigenvalue weighted by Gasteiger charge is -2.19. The lowest BCUT2D eigenvalue weighted by Crippen LogP contribution is -2.35. The predicted molar refractivity (Wildman–Crippen MR) is 96.7 cm³/mol. The number of amides is 1. The molecule has 25 heavy (non-hydrogen) atoms. The van der Waals surface area contributed by atoms with Crippen molar-refractivity contribution in [3.63, 3.8) is 0 Å². The number of carbonyl (C=O) groups is 1. The Morgan fingerprint density at radius 2 is 2.00 bits per heavy atom. The predicted octanol–water partition coefficient (Wildman–Crippen LogP) is 2.05. The van der Waals surface area contributed by atoms with Gasteiger partial charge in [-0.3, -0.25) is 4.79 Å². The second kappa shape index (κ2) is 5.90. The molecule has 1 aromatic carbocycles. The van der Waals surface area contributed by atoms with Crippen LogP contribution in [-0.2, 0) is 6.42 Å². The molecule has 0 unspecified atom stereocenters. The maximum atomic E-state index is 12.8. The van der Waals surface area contributed by atoms with Gasteiger partial charge in [-0.05, 0) is 55.6 Å². The molecule has 3 fully saturated rings. The Balaban J connectivity index is 1.21. The van der Waals surface area contributed by atoms with Gasteiger partial charge in [-0.25, -0.2) is 0 Å². The molecule has 5 nitrogen and oxygen atoms in total. The van der Waals surface area contributed by atoms with Gasteiger partial charge in [-0.15, -0.1) is 0 Å². The Morgan fingerprint density at radius 1 is 1.24 bits per heavy atom. The minimum atomic E-state index is 0.0431. The number of rotatable bonds is 4. The van der Waals surface area contributed by atoms with E-state index in [4.69, 9.17) is 10.5 Å². The molecule has 4 aliphatic rings. The zero-order valence-corrected chi connectivity index (χ0v) is 14.7. The summed E-state index contributed by atoms with van der Waals surface area (Å²) < 4.78 is 5.59. The normalized spacial score (nSPS) is 30.8. The summed E-state index contributed by atoms with van der Waals surface area (Å²) in [4.78, 5) is 15.5. The van der Waals surface area contributed by atoms with Crippen molar-refractivity contribution >= 4 is 11.6 Å². The third-order valence-electron chi connectivity index (χ3n) is 6.51. The first-order chi connectivity index (χ1) is 12.2. The van der Waals surface area contributed by atoms with E-state index in [0.717, 1.165) is 48.1 Å². The minimum Gasteiger partial charge on any atom is -0.491 e. The van der Waals surface area contributed by atoms with Gasteiger partial charge in [0.15, 0.2) is 0 Å². The molecule has 0 aromatic heterocycles. The standard InChI is InChI=1S/C20H27N3O2/c21-18-4-3-17(16-5-6-25-19(16)18)20(24)22-15-7-13-10-23(9-12-1-2-12)11-14(13)8-15/h3-4,12-15H,1-2,5-11,21H2,(H,22,24)/t13-,14+,15+. The molecule has 1 saturated heterocycles. The lowest BCUT2D eigenvalue weighted by molar-refractivity contribution is 0.0934. The molecule has 1 amide bonds. The zero-order chi connectivity index (χ0) is 17.0. The average molecular weight is 341 g/mol. The first-order valence-corrected chi connectivity index (χ1v) is 9.74. The van der Waals surface area contributed by atoms with E-state index in [1.807, 2.05) is 6.07 Å². The molecule has 0 radical (unpaired) electrons. The molecule has 0 bridgehead atoms. The Kier molecular flexibility index (Phi) is 3.66. The van der Waals surface area contributed by atoms with Crippen molar-refractivity contribution in [3.05, 3.63) is 23.3 Å². The lowest BCUT2D eigenvalue weighted by atomic mass is 10.0. The van der Waals surface area contributed by atoms with Crippen LogP contribution in [0.5, 0.6) is 5.75 Å². The van der Waals surface area contributed by atoms with Gasteiger partial charge in [-0.1, -0.05) is 0 Å². The van der Waals surface area contributed by atoms with Gasteiger partial charge in [0.25, 0.3) is 5.91 Å². The Morgan fingerprint density at radius 3 is 2.72 bits per heavy atom. The molecule has 5 rings (SSSR count). The molecule has 2 heterocycles. The van der Waals surface area contributed by atoms with E-state index in [-0.39, 0.29) is 5.91 Å². The number of likely N-dealkylation sites (tertiary alicyclic amines) is 1. The van der Waals surface area contributed by atoms with Crippen LogP contribution in [-0.4, -0.2) is 43.1 Å². The number of nitrogens with two attached hydrogens (primary N) is 1. The van der Waals surface area contributed by atoms with Gasteiger partial charge in [0.2, 0.25) is 0 Å². The van der Waals surface area contributed by atoms with Crippen LogP contribution >= 0.6 is 0 Å². The topological polar surface area (TPSA) is 67.6 Å². The highest BCUT2D eigenvalue weighted by atomic mass is 16.5. The summed E-state index contributed by atoms with van der Waals surface area (Å²) in [5.41, 5.74) is 8.31. The molecule has 3 atom stereocenters. The fourth-order valence-electron chi connectivity index (χ4n) is 5.13. The second-order valence-corrected chi connectivity index (χ2v) is 8.43. The summed E-state index contributed by atoms with van der Waals surface area (Å²) in [6, 6.07) is 3.96. The molecule has 2 aliphatic heterocycles. The SMILES string of the molecule is Nc1ccc(C(=O)N[C@H]2C[C@@H]3CN(CC4CC4)C[C@@H]3C2)c2c1OCC2. The van der Waals surface area contributed by atoms with Crippen molar-refractivity contribution in [1.29, 1.82) is 0 Å². The highest BCUT2D eigenvalue weighted by Crippen LogP contribution is 2.40. The van der Waals surface area contributed by atoms with Gasteiger partial charge in [0, 0.05) is 43.2 Å². The molecule has 1 aromatic rings. The summed E-state index contributed by atoms with van der Waals surface area (Å²) in [6.07, 6.45) is 5.89. The zero-order valence-electron chi connectivity index (χ0n) is 14.7. The van der Waals surface area contributed by atoms with E-state index in [0.29, 0.717) is 24.1 Å². The molecular weight excluding hydrogens is 314 g/mol. The Labute approximate surface area is 148 Å². The highest BCUT2D eigenvalue weighted by molar-refractivity contribution is 5.97. The maximum Gasteiger partial charge on any atom is 0.251 e. The van der Waals surface area contributed by atoms with Crippen molar-refractivity contribution in [3.8, 4) is 5.75 Å². The van der Waals surface area contributed by atoms with Gasteiger partial charge in [0.1, 0.15) is 5.75 Å². The second-order valence-electron chi connectivity index (χ2n) is 8.43. The fourth-order valence-corrected chi connectivity index (χ4v) is 5.13. The van der Waals surface area contributed by atoms with Crippen LogP contribution in [0.1, 0.15) is 41.6 Å². The smallest absolute Gasteiger partial charge is 0.251 e. The van der Waals surface area contributed by atoms with E-state index in [9.17, 15) is 4.79 Å². The van der Waals surface area contributed by atoms with Crippen molar-refractivity contribution in [2.75, 3.05) is 32.0 Å². The summed E-state index contributed by atoms with van der Waals surface area (Å²) in [5.74, 6) is 3.27. The van der Waals surface area contributed by atoms with E-state index in [1.165, 1.54) is 32.5 Å². The largest absolute Gasteiger partial charge is 0.491 e. The first-order valence-electron chi connectivity index (χ1n) is 9.74. The Bertz CT molecular complexity index is 686. The number of hydrogen-bond acceptors (Lipinski definition) is 4. The summed E-state index contributed by atoms with van der Waals surface area (Å²) in [7, 11) is 0. The van der Waals surface area contributed by atoms with Gasteiger partial charge >= 0.3 is 0 Å². The highest BCUT2D eigenvalue weighted by Gasteiger charge is 2.42. The average Bonchev–Trinajstić information content (AvgIpc) is 2.95. The first kappa shape index (κ1) is 15.5. The molecule has 3 N–H and O–H groups in total. The van der Waals surface area contributed by atoms with Crippen LogP contribution < -0.4 is 15.8 Å². The number of carbonyl (C=O) groups excluding carboxylic acids is 1. The van der Waals surface area contributed by atoms with Crippen molar-refractivity contribution in [2.45, 2.75) is 38.1 Å². The molecule has 2 saturated carbocycles. The molecule has 5 heteroatoms. The number of nitrogen functional groups attached to an aromatic ring is 1. The van der Waals surface area contributed by atoms with Gasteiger partial charge < -0.3 is 20.7 Å². The van der Waals surface area contributed by atoms with E-state index in [2.05, 4.69) is 10.2 Å². The molecule has 0 spiro atoms. The molecular formula is C20H27N3O2. The number of nitrogens with zero attached hydrogens (tertiary/aromatic N) is 1. The number of anilines is 1. The van der Waals surface area contributed by atoms with Gasteiger partial charge in [0.05, 0.1) is 12.3 Å². The van der Waals surface area contributed by atoms with Crippen LogP contribution in [0.15, 0.2) is 12.1 Å². The summed E-state index contributed by atoms with van der Waals surface area (Å²) >= 11 is 0. The third-order valence-corrected chi connectivity index (χ3v) is 6.51. The monoisotopic (exact) mass is 341 g/mol. The Hall–Kier alpha value is -1.75. The van der Waals surface area contributed by atoms with Crippen molar-refractivity contribution < 1.29 is 9.53 Å². The van der Waals surface area contributed by atoms with Gasteiger partial charge in [-0.2, -0.15) is 0 Å². The number of hydrogen-bond donors (Lipinski definition) is 2. The summed E-state index contributed by atoms with van der Waals surface area (Å²) in [5, 5.41) is 3.29. The number of nitrogens with one attached hydrogen (secondary N) is 1. The third kappa shape index (κ3) is 2.88. The van der Waals surface area contributed by atoms with Crippen LogP contribution in [0.2, 0.25) is 0 Å². The fraction of sp³-hybridized carbons (Fsp3) is 0.650. The van der Waals surface area contributed by atoms with Crippen LogP contribution in [0, 0.1) is 17.8 Å². The van der Waals surface area contributed by atoms with Crippen LogP contribution in [0.4, 0.5) is 5.69 Å². The maximum absolute atomic E-state index is 12.8.